The molecule has 14 heteroatoms. The fourth-order valence-corrected chi connectivity index (χ4v) is 7.25. The van der Waals surface area contributed by atoms with Crippen molar-refractivity contribution in [2.24, 2.45) is 0 Å². The van der Waals surface area contributed by atoms with Crippen LogP contribution in [-0.4, -0.2) is 83.5 Å². The number of anilines is 1. The van der Waals surface area contributed by atoms with E-state index >= 15 is 0 Å². The van der Waals surface area contributed by atoms with Crippen LogP contribution in [0.2, 0.25) is 0 Å². The van der Waals surface area contributed by atoms with Crippen molar-refractivity contribution in [3.63, 3.8) is 0 Å². The van der Waals surface area contributed by atoms with Crippen LogP contribution in [0.3, 0.4) is 0 Å². The van der Waals surface area contributed by atoms with Crippen molar-refractivity contribution in [3.05, 3.63) is 23.5 Å². The number of morpholine rings is 1. The molecule has 3 fully saturated rings. The molecule has 0 radical (unpaired) electrons. The summed E-state index contributed by atoms with van der Waals surface area (Å²) in [6.07, 6.45) is 0.305. The number of aromatic nitrogens is 4. The quantitative estimate of drug-likeness (QED) is 0.510. The summed E-state index contributed by atoms with van der Waals surface area (Å²) in [5.74, 6) is 0. The molecule has 0 amide bonds. The van der Waals surface area contributed by atoms with E-state index in [2.05, 4.69) is 36.6 Å². The number of fused-ring (bicyclic) bond motifs is 2. The van der Waals surface area contributed by atoms with E-state index in [4.69, 9.17) is 4.74 Å². The van der Waals surface area contributed by atoms with Gasteiger partial charge in [0, 0.05) is 31.2 Å². The van der Waals surface area contributed by atoms with Gasteiger partial charge in [0.05, 0.1) is 35.4 Å². The summed E-state index contributed by atoms with van der Waals surface area (Å²) in [4.78, 5) is 9.27. The van der Waals surface area contributed by atoms with Gasteiger partial charge < -0.3 is 9.64 Å². The van der Waals surface area contributed by atoms with Crippen LogP contribution < -0.4 is 9.62 Å². The zero-order valence-electron chi connectivity index (χ0n) is 19.9. The van der Waals surface area contributed by atoms with E-state index in [9.17, 15) is 17.2 Å². The van der Waals surface area contributed by atoms with E-state index in [1.807, 2.05) is 6.92 Å². The van der Waals surface area contributed by atoms with Crippen molar-refractivity contribution >= 4 is 38.1 Å². The summed E-state index contributed by atoms with van der Waals surface area (Å²) < 4.78 is 63.2. The van der Waals surface area contributed by atoms with E-state index in [0.29, 0.717) is 43.0 Å². The molecular formula is C22H27F2N7O3S2. The zero-order chi connectivity index (χ0) is 25.2. The van der Waals surface area contributed by atoms with Gasteiger partial charge in [0.15, 0.2) is 5.01 Å². The summed E-state index contributed by atoms with van der Waals surface area (Å²) in [7, 11) is -3.84. The monoisotopic (exact) mass is 539 g/mol. The Morgan fingerprint density at radius 2 is 2.06 bits per heavy atom. The number of sulfonamides is 1. The predicted octanol–water partition coefficient (Wildman–Crippen LogP) is 2.55. The Morgan fingerprint density at radius 1 is 1.25 bits per heavy atom. The molecular weight excluding hydrogens is 512 g/mol. The Morgan fingerprint density at radius 3 is 2.78 bits per heavy atom. The molecule has 1 N–H and O–H groups in total. The Hall–Kier alpha value is -2.26. The van der Waals surface area contributed by atoms with Crippen molar-refractivity contribution in [2.45, 2.75) is 55.6 Å². The highest BCUT2D eigenvalue weighted by Crippen LogP contribution is 2.38. The van der Waals surface area contributed by atoms with Crippen molar-refractivity contribution in [1.82, 2.24) is 29.4 Å². The van der Waals surface area contributed by atoms with Crippen LogP contribution in [0.4, 0.5) is 14.5 Å². The van der Waals surface area contributed by atoms with Gasteiger partial charge in [0.25, 0.3) is 6.43 Å². The topological polar surface area (TPSA) is 105 Å². The number of hydrogen-bond donors (Lipinski definition) is 1. The smallest absolute Gasteiger partial charge is 0.291 e. The van der Waals surface area contributed by atoms with Crippen LogP contribution in [-0.2, 0) is 14.8 Å². The van der Waals surface area contributed by atoms with Gasteiger partial charge in [-0.25, -0.2) is 26.9 Å². The van der Waals surface area contributed by atoms with Crippen LogP contribution in [0.25, 0.3) is 16.2 Å². The molecule has 2 aliphatic heterocycles. The molecule has 10 nitrogen and oxygen atoms in total. The highest BCUT2D eigenvalue weighted by Gasteiger charge is 2.42. The number of nitrogens with one attached hydrogen (secondary N) is 1. The third-order valence-electron chi connectivity index (χ3n) is 7.21. The Kier molecular flexibility index (Phi) is 5.79. The highest BCUT2D eigenvalue weighted by molar-refractivity contribution is 7.89. The zero-order valence-corrected chi connectivity index (χ0v) is 21.5. The maximum Gasteiger partial charge on any atom is 0.291 e. The third-order valence-corrected chi connectivity index (χ3v) is 9.76. The van der Waals surface area contributed by atoms with E-state index in [0.717, 1.165) is 30.7 Å². The lowest BCUT2D eigenvalue weighted by molar-refractivity contribution is -0.0317. The first-order valence-corrected chi connectivity index (χ1v) is 14.2. The van der Waals surface area contributed by atoms with Crippen molar-refractivity contribution < 1.29 is 21.9 Å². The molecule has 0 unspecified atom stereocenters. The lowest BCUT2D eigenvalue weighted by Crippen LogP contribution is -2.62. The van der Waals surface area contributed by atoms with Crippen molar-refractivity contribution in [1.29, 1.82) is 0 Å². The van der Waals surface area contributed by atoms with Gasteiger partial charge in [0.2, 0.25) is 15.2 Å². The molecule has 0 bridgehead atoms. The standard InChI is InChI=1S/C22H27F2N7O3S2/c1-13-9-29(10-14-11-34-6-5-30(13)14)16-7-15(36(32,33)28-22(2)3-4-22)8-17-18(16)25-12-31(17)21-27-26-20(35-21)19(23)24/h7-8,12-14,19,28H,3-6,9-11H2,1-2H3/t13-,14-/m1/s1. The Labute approximate surface area is 211 Å². The number of rotatable bonds is 6. The number of halogens is 2. The second-order valence-corrected chi connectivity index (χ2v) is 12.7. The molecule has 3 aromatic rings. The number of benzene rings is 1. The Balaban J connectivity index is 1.47. The van der Waals surface area contributed by atoms with E-state index in [-0.39, 0.29) is 22.1 Å². The maximum atomic E-state index is 13.4. The van der Waals surface area contributed by atoms with Gasteiger partial charge in [0.1, 0.15) is 11.8 Å². The number of alkyl halides is 2. The molecule has 4 heterocycles. The van der Waals surface area contributed by atoms with Crippen LogP contribution in [0, 0.1) is 0 Å². The summed E-state index contributed by atoms with van der Waals surface area (Å²) in [5, 5.41) is 7.29. The minimum Gasteiger partial charge on any atom is -0.378 e. The number of ether oxygens (including phenoxy) is 1. The molecule has 194 valence electrons. The lowest BCUT2D eigenvalue weighted by Gasteiger charge is -2.48. The summed E-state index contributed by atoms with van der Waals surface area (Å²) in [6, 6.07) is 3.63. The van der Waals surface area contributed by atoms with Crippen LogP contribution >= 0.6 is 11.3 Å². The normalized spacial score (nSPS) is 24.4. The van der Waals surface area contributed by atoms with Gasteiger partial charge in [-0.1, -0.05) is 11.3 Å². The number of nitrogens with zero attached hydrogens (tertiary/aromatic N) is 6. The van der Waals surface area contributed by atoms with Gasteiger partial charge in [-0.15, -0.1) is 10.2 Å². The molecule has 6 rings (SSSR count). The first-order chi connectivity index (χ1) is 17.1. The molecule has 1 saturated carbocycles. The summed E-state index contributed by atoms with van der Waals surface area (Å²) >= 11 is 0.752. The second kappa shape index (κ2) is 8.65. The van der Waals surface area contributed by atoms with E-state index in [1.165, 1.54) is 17.0 Å². The molecule has 2 saturated heterocycles. The van der Waals surface area contributed by atoms with Crippen LogP contribution in [0.1, 0.15) is 38.1 Å². The van der Waals surface area contributed by atoms with Crippen LogP contribution in [0.15, 0.2) is 23.4 Å². The maximum absolute atomic E-state index is 13.4. The molecule has 2 aromatic heterocycles. The number of hydrogen-bond acceptors (Lipinski definition) is 9. The largest absolute Gasteiger partial charge is 0.378 e. The summed E-state index contributed by atoms with van der Waals surface area (Å²) in [6.45, 7) is 7.57. The SMILES string of the molecule is C[C@@H]1CN(c2cc(S(=O)(=O)NC3(C)CC3)cc3c2ncn3-c2nnc(C(F)F)s2)C[C@@H]2COCCN21. The molecule has 1 aromatic carbocycles. The van der Waals surface area contributed by atoms with Gasteiger partial charge >= 0.3 is 0 Å². The first kappa shape index (κ1) is 24.1. The second-order valence-electron chi connectivity index (χ2n) is 10.0. The van der Waals surface area contributed by atoms with E-state index < -0.39 is 27.0 Å². The molecule has 3 aliphatic rings. The average Bonchev–Trinajstić information content (AvgIpc) is 3.23. The molecule has 36 heavy (non-hydrogen) atoms. The third kappa shape index (κ3) is 4.28. The van der Waals surface area contributed by atoms with Crippen molar-refractivity contribution in [2.75, 3.05) is 37.7 Å². The van der Waals surface area contributed by atoms with Gasteiger partial charge in [-0.3, -0.25) is 9.47 Å². The van der Waals surface area contributed by atoms with Gasteiger partial charge in [-0.2, -0.15) is 0 Å². The molecule has 2 atom stereocenters. The lowest BCUT2D eigenvalue weighted by atomic mass is 10.0. The Bertz CT molecular complexity index is 1410. The number of imidazole rings is 1. The highest BCUT2D eigenvalue weighted by atomic mass is 32.2. The van der Waals surface area contributed by atoms with Gasteiger partial charge in [-0.05, 0) is 38.8 Å². The minimum absolute atomic E-state index is 0.105. The first-order valence-electron chi connectivity index (χ1n) is 11.9. The minimum atomic E-state index is -3.84. The van der Waals surface area contributed by atoms with Crippen LogP contribution in [0.5, 0.6) is 0 Å². The molecule has 0 spiro atoms. The predicted molar refractivity (Wildman–Crippen MR) is 130 cm³/mol. The number of piperazine rings is 1. The fourth-order valence-electron chi connectivity index (χ4n) is 5.06. The van der Waals surface area contributed by atoms with E-state index in [1.54, 1.807) is 6.07 Å². The van der Waals surface area contributed by atoms with Crippen molar-refractivity contribution in [3.8, 4) is 5.13 Å². The fraction of sp³-hybridized carbons (Fsp3) is 0.591. The summed E-state index contributed by atoms with van der Waals surface area (Å²) in [5.41, 5.74) is 1.29. The molecule has 1 aliphatic carbocycles. The average molecular weight is 540 g/mol.